The zero-order valence-corrected chi connectivity index (χ0v) is 12.9. The second-order valence-electron chi connectivity index (χ2n) is 5.78. The van der Waals surface area contributed by atoms with Crippen molar-refractivity contribution in [2.75, 3.05) is 40.3 Å². The number of likely N-dealkylation sites (N-methyl/N-ethyl adjacent to an activating group) is 1. The second kappa shape index (κ2) is 6.85. The summed E-state index contributed by atoms with van der Waals surface area (Å²) in [5.41, 5.74) is 6.89. The lowest BCUT2D eigenvalue weighted by Crippen LogP contribution is -2.35. The molecule has 1 saturated heterocycles. The highest BCUT2D eigenvalue weighted by Crippen LogP contribution is 2.25. The fraction of sp³-hybridized carbons (Fsp3) is 0.600. The lowest BCUT2D eigenvalue weighted by Gasteiger charge is -2.29. The molecule has 1 aliphatic rings. The van der Waals surface area contributed by atoms with Crippen LogP contribution in [-0.2, 0) is 0 Å². The Bertz CT molecular complexity index is 455. The van der Waals surface area contributed by atoms with Crippen LogP contribution < -0.4 is 5.73 Å². The number of hydrogen-bond donors (Lipinski definition) is 1. The molecule has 2 unspecified atom stereocenters. The molecule has 2 atom stereocenters. The van der Waals surface area contributed by atoms with Gasteiger partial charge in [-0.3, -0.25) is 4.90 Å². The Balaban J connectivity index is 2.04. The van der Waals surface area contributed by atoms with Crippen molar-refractivity contribution in [1.82, 2.24) is 9.80 Å². The molecule has 2 rings (SSSR count). The third kappa shape index (κ3) is 3.70. The first-order valence-corrected chi connectivity index (χ1v) is 7.43. The van der Waals surface area contributed by atoms with Gasteiger partial charge in [0.25, 0.3) is 0 Å². The van der Waals surface area contributed by atoms with Crippen LogP contribution in [0.4, 0.5) is 4.39 Å². The molecule has 1 aromatic carbocycles. The molecule has 1 heterocycles. The first-order valence-electron chi connectivity index (χ1n) is 7.05. The van der Waals surface area contributed by atoms with Crippen molar-refractivity contribution in [2.24, 2.45) is 11.7 Å². The first-order chi connectivity index (χ1) is 9.51. The molecule has 3 nitrogen and oxygen atoms in total. The van der Waals surface area contributed by atoms with Gasteiger partial charge < -0.3 is 10.6 Å². The van der Waals surface area contributed by atoms with Gasteiger partial charge >= 0.3 is 0 Å². The molecule has 0 saturated carbocycles. The van der Waals surface area contributed by atoms with E-state index in [1.807, 2.05) is 0 Å². The summed E-state index contributed by atoms with van der Waals surface area (Å²) < 4.78 is 13.3. The Morgan fingerprint density at radius 1 is 1.55 bits per heavy atom. The van der Waals surface area contributed by atoms with Crippen LogP contribution in [0.3, 0.4) is 0 Å². The Kier molecular flexibility index (Phi) is 5.38. The minimum Gasteiger partial charge on any atom is -0.329 e. The summed E-state index contributed by atoms with van der Waals surface area (Å²) in [7, 11) is 4.23. The molecule has 0 radical (unpaired) electrons. The standard InChI is InChI=1S/C15H23ClFN3/c1-19-6-5-11(9-19)10-20(2)15(8-18)12-3-4-14(17)13(16)7-12/h3-4,7,11,15H,5-6,8-10,18H2,1-2H3. The van der Waals surface area contributed by atoms with Crippen molar-refractivity contribution < 1.29 is 4.39 Å². The van der Waals surface area contributed by atoms with Gasteiger partial charge in [-0.25, -0.2) is 4.39 Å². The van der Waals surface area contributed by atoms with Crippen molar-refractivity contribution in [3.63, 3.8) is 0 Å². The van der Waals surface area contributed by atoms with Crippen molar-refractivity contribution in [3.8, 4) is 0 Å². The quantitative estimate of drug-likeness (QED) is 0.906. The first kappa shape index (κ1) is 15.7. The minimum atomic E-state index is -0.383. The van der Waals surface area contributed by atoms with Crippen LogP contribution in [0.25, 0.3) is 0 Å². The largest absolute Gasteiger partial charge is 0.329 e. The molecule has 1 aromatic rings. The summed E-state index contributed by atoms with van der Waals surface area (Å²) in [6.07, 6.45) is 1.22. The molecule has 0 aromatic heterocycles. The fourth-order valence-electron chi connectivity index (χ4n) is 3.00. The molecule has 20 heavy (non-hydrogen) atoms. The Labute approximate surface area is 125 Å². The van der Waals surface area contributed by atoms with E-state index in [2.05, 4.69) is 23.9 Å². The van der Waals surface area contributed by atoms with Crippen molar-refractivity contribution in [3.05, 3.63) is 34.6 Å². The number of halogens is 2. The number of benzene rings is 1. The number of rotatable bonds is 5. The lowest BCUT2D eigenvalue weighted by atomic mass is 10.0. The fourth-order valence-corrected chi connectivity index (χ4v) is 3.19. The van der Waals surface area contributed by atoms with Gasteiger partial charge in [-0.1, -0.05) is 17.7 Å². The topological polar surface area (TPSA) is 32.5 Å². The Morgan fingerprint density at radius 2 is 2.30 bits per heavy atom. The van der Waals surface area contributed by atoms with Gasteiger partial charge in [0.15, 0.2) is 0 Å². The highest BCUT2D eigenvalue weighted by molar-refractivity contribution is 6.30. The van der Waals surface area contributed by atoms with E-state index < -0.39 is 0 Å². The van der Waals surface area contributed by atoms with Gasteiger partial charge in [0, 0.05) is 25.7 Å². The molecule has 1 fully saturated rings. The normalized spacial score (nSPS) is 21.6. The van der Waals surface area contributed by atoms with Crippen molar-refractivity contribution in [1.29, 1.82) is 0 Å². The molecule has 0 bridgehead atoms. The zero-order valence-electron chi connectivity index (χ0n) is 12.1. The van der Waals surface area contributed by atoms with Gasteiger partial charge in [0.05, 0.1) is 5.02 Å². The van der Waals surface area contributed by atoms with E-state index in [0.29, 0.717) is 12.5 Å². The van der Waals surface area contributed by atoms with E-state index in [0.717, 1.165) is 25.2 Å². The summed E-state index contributed by atoms with van der Waals surface area (Å²) in [5, 5.41) is 0.162. The maximum absolute atomic E-state index is 13.3. The number of nitrogens with zero attached hydrogens (tertiary/aromatic N) is 2. The average molecular weight is 300 g/mol. The molecule has 112 valence electrons. The lowest BCUT2D eigenvalue weighted by molar-refractivity contribution is 0.211. The van der Waals surface area contributed by atoms with Crippen LogP contribution in [0.1, 0.15) is 18.0 Å². The van der Waals surface area contributed by atoms with E-state index in [1.54, 1.807) is 12.1 Å². The van der Waals surface area contributed by atoms with Gasteiger partial charge in [-0.2, -0.15) is 0 Å². The van der Waals surface area contributed by atoms with Crippen molar-refractivity contribution >= 4 is 11.6 Å². The van der Waals surface area contributed by atoms with Gasteiger partial charge in [0.1, 0.15) is 5.82 Å². The van der Waals surface area contributed by atoms with Gasteiger partial charge in [-0.15, -0.1) is 0 Å². The minimum absolute atomic E-state index is 0.0824. The molecular weight excluding hydrogens is 277 g/mol. The SMILES string of the molecule is CN1CCC(CN(C)C(CN)c2ccc(F)c(Cl)c2)C1. The monoisotopic (exact) mass is 299 g/mol. The zero-order chi connectivity index (χ0) is 14.7. The number of hydrogen-bond acceptors (Lipinski definition) is 3. The predicted octanol–water partition coefficient (Wildman–Crippen LogP) is 2.36. The second-order valence-corrected chi connectivity index (χ2v) is 6.19. The molecule has 5 heteroatoms. The van der Waals surface area contributed by atoms with Crippen LogP contribution in [0, 0.1) is 11.7 Å². The maximum Gasteiger partial charge on any atom is 0.141 e. The Hall–Kier alpha value is -0.680. The van der Waals surface area contributed by atoms with E-state index in [1.165, 1.54) is 12.5 Å². The van der Waals surface area contributed by atoms with E-state index >= 15 is 0 Å². The van der Waals surface area contributed by atoms with Crippen LogP contribution >= 0.6 is 11.6 Å². The summed E-state index contributed by atoms with van der Waals surface area (Å²) in [4.78, 5) is 4.61. The van der Waals surface area contributed by atoms with Gasteiger partial charge in [-0.05, 0) is 50.7 Å². The molecule has 0 spiro atoms. The van der Waals surface area contributed by atoms with E-state index in [9.17, 15) is 4.39 Å². The predicted molar refractivity (Wildman–Crippen MR) is 81.4 cm³/mol. The number of likely N-dealkylation sites (tertiary alicyclic amines) is 1. The summed E-state index contributed by atoms with van der Waals surface area (Å²) in [6, 6.07) is 4.96. The smallest absolute Gasteiger partial charge is 0.141 e. The molecule has 0 amide bonds. The molecule has 1 aliphatic heterocycles. The van der Waals surface area contributed by atoms with Crippen molar-refractivity contribution in [2.45, 2.75) is 12.5 Å². The third-order valence-corrected chi connectivity index (χ3v) is 4.41. The molecule has 2 N–H and O–H groups in total. The summed E-state index contributed by atoms with van der Waals surface area (Å²) in [6.45, 7) is 3.79. The maximum atomic E-state index is 13.3. The molecule has 0 aliphatic carbocycles. The van der Waals surface area contributed by atoms with E-state index in [4.69, 9.17) is 17.3 Å². The van der Waals surface area contributed by atoms with Crippen LogP contribution in [0.15, 0.2) is 18.2 Å². The van der Waals surface area contributed by atoms with E-state index in [-0.39, 0.29) is 16.9 Å². The van der Waals surface area contributed by atoms with Crippen LogP contribution in [0.5, 0.6) is 0 Å². The highest BCUT2D eigenvalue weighted by Gasteiger charge is 2.24. The Morgan fingerprint density at radius 3 is 2.85 bits per heavy atom. The molecular formula is C15H23ClFN3. The third-order valence-electron chi connectivity index (χ3n) is 4.12. The summed E-state index contributed by atoms with van der Waals surface area (Å²) >= 11 is 5.87. The average Bonchev–Trinajstić information content (AvgIpc) is 2.80. The van der Waals surface area contributed by atoms with Gasteiger partial charge in [0.2, 0.25) is 0 Å². The van der Waals surface area contributed by atoms with Crippen LogP contribution in [-0.4, -0.2) is 50.1 Å². The number of nitrogens with two attached hydrogens (primary N) is 1. The van der Waals surface area contributed by atoms with Crippen LogP contribution in [0.2, 0.25) is 5.02 Å². The summed E-state index contributed by atoms with van der Waals surface area (Å²) in [5.74, 6) is 0.293. The highest BCUT2D eigenvalue weighted by atomic mass is 35.5.